The van der Waals surface area contributed by atoms with Crippen LogP contribution in [0, 0.1) is 40.4 Å². The molecule has 0 aromatic carbocycles. The van der Waals surface area contributed by atoms with Gasteiger partial charge < -0.3 is 10.2 Å². The van der Waals surface area contributed by atoms with Crippen molar-refractivity contribution in [3.05, 3.63) is 22.8 Å². The second-order valence-electron chi connectivity index (χ2n) is 12.1. The van der Waals surface area contributed by atoms with Crippen LogP contribution in [0.5, 0.6) is 0 Å². The predicted molar refractivity (Wildman–Crippen MR) is 131 cm³/mol. The molecule has 184 valence electrons. The van der Waals surface area contributed by atoms with Crippen molar-refractivity contribution in [2.24, 2.45) is 40.4 Å². The molecule has 4 aliphatic rings. The maximum absolute atomic E-state index is 12.1. The fourth-order valence-corrected chi connectivity index (χ4v) is 9.01. The number of fused-ring (bicyclic) bond motifs is 5. The molecule has 4 rings (SSSR count). The molecule has 0 aromatic heterocycles. The maximum atomic E-state index is 12.1. The first-order valence-electron chi connectivity index (χ1n) is 13.4. The molecule has 2 N–H and O–H groups in total. The second-order valence-corrected chi connectivity index (χ2v) is 12.1. The number of hydrogen-bond acceptors (Lipinski definition) is 3. The smallest absolute Gasteiger partial charge is 0.333 e. The Labute approximate surface area is 199 Å². The second kappa shape index (κ2) is 9.32. The third-order valence-corrected chi connectivity index (χ3v) is 10.9. The first-order valence-corrected chi connectivity index (χ1v) is 13.4. The van der Waals surface area contributed by atoms with Gasteiger partial charge in [-0.15, -0.1) is 0 Å². The van der Waals surface area contributed by atoms with Gasteiger partial charge >= 0.3 is 5.97 Å². The molecule has 0 amide bonds. The number of carbonyl (C=O) groups is 2. The monoisotopic (exact) mass is 456 g/mol. The minimum atomic E-state index is -0.975. The van der Waals surface area contributed by atoms with Crippen LogP contribution in [0.4, 0.5) is 0 Å². The fraction of sp³-hybridized carbons (Fsp3) is 0.793. The van der Waals surface area contributed by atoms with Crippen LogP contribution in [0.25, 0.3) is 0 Å². The Hall–Kier alpha value is -1.42. The zero-order chi connectivity index (χ0) is 24.0. The first kappa shape index (κ1) is 24.7. The maximum Gasteiger partial charge on any atom is 0.333 e. The SMILES string of the molecule is CCC(CC[C@@H](C)[C@H]1CC[C@H]2[C@@H]3CCC4=CC(=O)CC[C@]4(C)[C@H]3CC[C@]12C)=C(CO)C(=O)O. The molecule has 0 aliphatic heterocycles. The highest BCUT2D eigenvalue weighted by Crippen LogP contribution is 2.67. The summed E-state index contributed by atoms with van der Waals surface area (Å²) in [5.41, 5.74) is 3.17. The average Bonchev–Trinajstić information content (AvgIpc) is 3.14. The molecule has 33 heavy (non-hydrogen) atoms. The van der Waals surface area contributed by atoms with Crippen molar-refractivity contribution in [2.75, 3.05) is 6.61 Å². The van der Waals surface area contributed by atoms with Gasteiger partial charge in [0.1, 0.15) is 0 Å². The number of carboxylic acid groups (broad SMARTS) is 1. The van der Waals surface area contributed by atoms with Gasteiger partial charge in [-0.25, -0.2) is 4.79 Å². The molecule has 0 bridgehead atoms. The highest BCUT2D eigenvalue weighted by atomic mass is 16.4. The highest BCUT2D eigenvalue weighted by Gasteiger charge is 2.59. The number of allylic oxidation sites excluding steroid dienone is 2. The van der Waals surface area contributed by atoms with Gasteiger partial charge in [0, 0.05) is 6.42 Å². The molecule has 3 fully saturated rings. The molecule has 0 spiro atoms. The van der Waals surface area contributed by atoms with E-state index in [4.69, 9.17) is 0 Å². The van der Waals surface area contributed by atoms with Crippen LogP contribution in [0.15, 0.2) is 22.8 Å². The Morgan fingerprint density at radius 2 is 1.88 bits per heavy atom. The van der Waals surface area contributed by atoms with Crippen molar-refractivity contribution in [3.63, 3.8) is 0 Å². The molecule has 0 radical (unpaired) electrons. The van der Waals surface area contributed by atoms with Crippen molar-refractivity contribution in [2.45, 2.75) is 98.3 Å². The highest BCUT2D eigenvalue weighted by molar-refractivity contribution is 5.91. The summed E-state index contributed by atoms with van der Waals surface area (Å²) in [6.45, 7) is 9.03. The van der Waals surface area contributed by atoms with E-state index in [1.54, 1.807) is 0 Å². The number of carboxylic acids is 1. The molecule has 0 heterocycles. The number of ketones is 1. The molecular formula is C29H44O4. The summed E-state index contributed by atoms with van der Waals surface area (Å²) >= 11 is 0. The van der Waals surface area contributed by atoms with E-state index >= 15 is 0 Å². The van der Waals surface area contributed by atoms with Crippen LogP contribution in [-0.4, -0.2) is 28.6 Å². The van der Waals surface area contributed by atoms with Crippen LogP contribution < -0.4 is 0 Å². The Morgan fingerprint density at radius 3 is 2.55 bits per heavy atom. The van der Waals surface area contributed by atoms with Crippen molar-refractivity contribution < 1.29 is 19.8 Å². The standard InChI is InChI=1S/C29H44O4/c1-5-19(23(17-30)27(32)33)7-6-18(2)24-10-11-25-22-9-8-20-16-21(31)12-14-28(20,3)26(22)13-15-29(24,25)4/h16,18,22,24-26,30H,5-15,17H2,1-4H3,(H,32,33)/t18-,22+,24-,25+,26+,28+,29-/m1/s1. The van der Waals surface area contributed by atoms with Gasteiger partial charge in [-0.2, -0.15) is 0 Å². The van der Waals surface area contributed by atoms with Crippen molar-refractivity contribution in [3.8, 4) is 0 Å². The molecule has 4 aliphatic carbocycles. The third kappa shape index (κ3) is 4.15. The number of aliphatic carboxylic acids is 1. The normalized spacial score (nSPS) is 39.7. The Morgan fingerprint density at radius 1 is 1.12 bits per heavy atom. The Bertz CT molecular complexity index is 854. The van der Waals surface area contributed by atoms with Crippen LogP contribution in [0.2, 0.25) is 0 Å². The fourth-order valence-electron chi connectivity index (χ4n) is 9.01. The summed E-state index contributed by atoms with van der Waals surface area (Å²) in [6, 6.07) is 0. The van der Waals surface area contributed by atoms with Gasteiger partial charge in [0.05, 0.1) is 12.2 Å². The van der Waals surface area contributed by atoms with E-state index in [1.165, 1.54) is 37.7 Å². The van der Waals surface area contributed by atoms with Crippen LogP contribution >= 0.6 is 0 Å². The Balaban J connectivity index is 1.48. The van der Waals surface area contributed by atoms with E-state index in [2.05, 4.69) is 20.8 Å². The molecule has 4 heteroatoms. The van der Waals surface area contributed by atoms with E-state index in [0.29, 0.717) is 29.5 Å². The van der Waals surface area contributed by atoms with Crippen LogP contribution in [0.1, 0.15) is 98.3 Å². The summed E-state index contributed by atoms with van der Waals surface area (Å²) < 4.78 is 0. The van der Waals surface area contributed by atoms with Crippen LogP contribution in [0.3, 0.4) is 0 Å². The zero-order valence-corrected chi connectivity index (χ0v) is 21.2. The largest absolute Gasteiger partial charge is 0.478 e. The minimum absolute atomic E-state index is 0.200. The molecule has 3 saturated carbocycles. The van der Waals surface area contributed by atoms with E-state index in [9.17, 15) is 19.8 Å². The van der Waals surface area contributed by atoms with Gasteiger partial charge in [-0.1, -0.05) is 38.8 Å². The number of aliphatic hydroxyl groups excluding tert-OH is 1. The summed E-state index contributed by atoms with van der Waals surface area (Å²) in [7, 11) is 0. The first-order chi connectivity index (χ1) is 15.7. The van der Waals surface area contributed by atoms with Crippen molar-refractivity contribution in [1.82, 2.24) is 0 Å². The third-order valence-electron chi connectivity index (χ3n) is 10.9. The average molecular weight is 457 g/mol. The van der Waals surface area contributed by atoms with E-state index in [-0.39, 0.29) is 17.6 Å². The van der Waals surface area contributed by atoms with Crippen molar-refractivity contribution >= 4 is 11.8 Å². The van der Waals surface area contributed by atoms with Gasteiger partial charge in [0.15, 0.2) is 5.78 Å². The molecule has 0 aromatic rings. The number of aliphatic hydroxyl groups is 1. The predicted octanol–water partition coefficient (Wildman–Crippen LogP) is 6.33. The van der Waals surface area contributed by atoms with Gasteiger partial charge in [0.2, 0.25) is 0 Å². The quantitative estimate of drug-likeness (QED) is 0.439. The lowest BCUT2D eigenvalue weighted by Gasteiger charge is -2.58. The van der Waals surface area contributed by atoms with E-state index < -0.39 is 5.97 Å². The molecule has 0 saturated heterocycles. The lowest BCUT2D eigenvalue weighted by molar-refractivity contribution is -0.133. The van der Waals surface area contributed by atoms with Gasteiger partial charge in [-0.05, 0) is 111 Å². The molecular weight excluding hydrogens is 412 g/mol. The summed E-state index contributed by atoms with van der Waals surface area (Å²) in [6.07, 6.45) is 13.8. The Kier molecular flexibility index (Phi) is 6.98. The summed E-state index contributed by atoms with van der Waals surface area (Å²) in [4.78, 5) is 23.6. The van der Waals surface area contributed by atoms with E-state index in [1.807, 2.05) is 13.0 Å². The minimum Gasteiger partial charge on any atom is -0.478 e. The molecule has 0 unspecified atom stereocenters. The molecule has 4 nitrogen and oxygen atoms in total. The van der Waals surface area contributed by atoms with Crippen LogP contribution in [-0.2, 0) is 9.59 Å². The summed E-state index contributed by atoms with van der Waals surface area (Å²) in [5, 5.41) is 19.0. The van der Waals surface area contributed by atoms with Gasteiger partial charge in [-0.3, -0.25) is 4.79 Å². The number of hydrogen-bond donors (Lipinski definition) is 2. The van der Waals surface area contributed by atoms with E-state index in [0.717, 1.165) is 55.4 Å². The topological polar surface area (TPSA) is 74.6 Å². The lowest BCUT2D eigenvalue weighted by Crippen LogP contribution is -2.50. The number of carbonyl (C=O) groups excluding carboxylic acids is 1. The molecule has 7 atom stereocenters. The van der Waals surface area contributed by atoms with Crippen molar-refractivity contribution in [1.29, 1.82) is 0 Å². The number of rotatable bonds is 7. The zero-order valence-electron chi connectivity index (χ0n) is 21.2. The summed E-state index contributed by atoms with van der Waals surface area (Å²) in [5.74, 6) is 2.93. The van der Waals surface area contributed by atoms with Gasteiger partial charge in [0.25, 0.3) is 0 Å². The lowest BCUT2D eigenvalue weighted by atomic mass is 9.46.